The zero-order chi connectivity index (χ0) is 41.1. The zero-order valence-corrected chi connectivity index (χ0v) is 32.7. The number of carboxylic acids is 1. The zero-order valence-electron chi connectivity index (χ0n) is 31.0. The van der Waals surface area contributed by atoms with Gasteiger partial charge >= 0.3 is 5.97 Å². The first kappa shape index (κ1) is 40.2. The van der Waals surface area contributed by atoms with Gasteiger partial charge in [0.05, 0.1) is 28.5 Å². The normalized spacial score (nSPS) is 17.6. The number of aromatic carboxylic acids is 1. The van der Waals surface area contributed by atoms with E-state index in [0.717, 1.165) is 4.90 Å². The van der Waals surface area contributed by atoms with Gasteiger partial charge in [0.1, 0.15) is 28.8 Å². The lowest BCUT2D eigenvalue weighted by molar-refractivity contribution is -0.141. The lowest BCUT2D eigenvalue weighted by Crippen LogP contribution is -2.33. The Hall–Kier alpha value is -5.49. The second-order valence-corrected chi connectivity index (χ2v) is 18.0. The highest BCUT2D eigenvalue weighted by Crippen LogP contribution is 2.45. The molecule has 0 aromatic heterocycles. The summed E-state index contributed by atoms with van der Waals surface area (Å²) in [7, 11) is -8.83. The first-order chi connectivity index (χ1) is 25.9. The van der Waals surface area contributed by atoms with Gasteiger partial charge < -0.3 is 15.2 Å². The smallest absolute Gasteiger partial charge is 0.336 e. The highest BCUT2D eigenvalue weighted by molar-refractivity contribution is 7.86. The molecule has 4 aliphatic rings. The number of nitrogens with one attached hydrogen (secondary N) is 1. The Morgan fingerprint density at radius 1 is 0.821 bits per heavy atom. The second kappa shape index (κ2) is 14.2. The average Bonchev–Trinajstić information content (AvgIpc) is 3.35. The Balaban J connectivity index is 0.000000417. The fourth-order valence-electron chi connectivity index (χ4n) is 7.27. The Morgan fingerprint density at radius 3 is 2.02 bits per heavy atom. The molecule has 4 aliphatic heterocycles. The van der Waals surface area contributed by atoms with Crippen molar-refractivity contribution in [2.24, 2.45) is 4.99 Å². The third-order valence-electron chi connectivity index (χ3n) is 9.23. The molecule has 56 heavy (non-hydrogen) atoms. The molecule has 1 fully saturated rings. The summed E-state index contributed by atoms with van der Waals surface area (Å²) in [6.07, 6.45) is 3.89. The SMILES string of the molecule is CC(=O)CN1C(=O)CCC1=O.CC1(C)C=C(CS(=O)(=O)O)c2cc3c(cc2=N1)Oc1cc2c(cc1C=3c1ccccc1C(=O)O)C(CS(=O)(=O)O)=CC(C)(C)N2. The van der Waals surface area contributed by atoms with Crippen molar-refractivity contribution < 1.29 is 55.0 Å². The van der Waals surface area contributed by atoms with E-state index in [4.69, 9.17) is 9.73 Å². The maximum absolute atomic E-state index is 12.4. The van der Waals surface area contributed by atoms with Crippen LogP contribution in [0.5, 0.6) is 11.5 Å². The molecule has 2 amide bonds. The highest BCUT2D eigenvalue weighted by Gasteiger charge is 2.33. The van der Waals surface area contributed by atoms with Gasteiger partial charge in [-0.3, -0.25) is 33.4 Å². The molecule has 1 saturated heterocycles. The molecular weight excluding hydrogens is 767 g/mol. The summed E-state index contributed by atoms with van der Waals surface area (Å²) in [6, 6.07) is 13.1. The molecule has 0 spiro atoms. The third-order valence-corrected chi connectivity index (χ3v) is 10.6. The molecule has 4 N–H and O–H groups in total. The molecule has 15 nitrogen and oxygen atoms in total. The first-order valence-corrected chi connectivity index (χ1v) is 20.5. The van der Waals surface area contributed by atoms with Gasteiger partial charge in [-0.25, -0.2) is 4.79 Å². The average molecular weight is 806 g/mol. The summed E-state index contributed by atoms with van der Waals surface area (Å²) in [4.78, 5) is 50.5. The fraction of sp³-hybridized carbons (Fsp3) is 0.308. The van der Waals surface area contributed by atoms with Crippen LogP contribution in [0.2, 0.25) is 0 Å². The Bertz CT molecular complexity index is 2660. The maximum atomic E-state index is 12.4. The van der Waals surface area contributed by atoms with Crippen molar-refractivity contribution in [2.75, 3.05) is 23.4 Å². The van der Waals surface area contributed by atoms with Crippen LogP contribution < -0.4 is 20.6 Å². The highest BCUT2D eigenvalue weighted by atomic mass is 32.2. The topological polar surface area (TPSA) is 234 Å². The number of fused-ring (bicyclic) bond motifs is 4. The number of ketones is 1. The minimum atomic E-state index is -4.42. The standard InChI is InChI=1S/C32H30N2O9S2.C7H9NO3/c1-31(2)13-17(15-44(37,38)39)21-9-23-27(11-25(21)33-31)43-28-12-26-22(18(16-45(40,41)42)14-32(3,4)34-26)10-24(28)29(23)19-7-5-6-8-20(19)30(35)36;1-5(9)4-8-6(10)2-3-7(8)11/h5-14,33H,15-16H2,1-4H3,(H,35,36)(H,37,38,39)(H,40,41,42);2-4H2,1H3. The van der Waals surface area contributed by atoms with E-state index in [1.54, 1.807) is 68.5 Å². The van der Waals surface area contributed by atoms with Crippen molar-refractivity contribution in [1.82, 2.24) is 4.90 Å². The predicted octanol–water partition coefficient (Wildman–Crippen LogP) is 3.62. The van der Waals surface area contributed by atoms with Gasteiger partial charge in [-0.2, -0.15) is 16.8 Å². The molecule has 0 radical (unpaired) electrons. The number of rotatable bonds is 8. The van der Waals surface area contributed by atoms with Crippen LogP contribution in [0.4, 0.5) is 5.69 Å². The number of imide groups is 1. The van der Waals surface area contributed by atoms with Crippen molar-refractivity contribution >= 4 is 66.2 Å². The van der Waals surface area contributed by atoms with Crippen molar-refractivity contribution in [1.29, 1.82) is 0 Å². The number of carbonyl (C=O) groups excluding carboxylic acids is 3. The molecule has 4 heterocycles. The molecule has 0 bridgehead atoms. The van der Waals surface area contributed by atoms with E-state index in [9.17, 15) is 50.2 Å². The minimum absolute atomic E-state index is 0.00535. The van der Waals surface area contributed by atoms with Gasteiger partial charge in [0.15, 0.2) is 0 Å². The molecule has 3 aromatic carbocycles. The van der Waals surface area contributed by atoms with E-state index in [0.29, 0.717) is 66.7 Å². The van der Waals surface area contributed by atoms with Gasteiger partial charge in [-0.1, -0.05) is 30.4 Å². The van der Waals surface area contributed by atoms with E-state index in [1.807, 2.05) is 13.8 Å². The predicted molar refractivity (Wildman–Crippen MR) is 206 cm³/mol. The monoisotopic (exact) mass is 805 g/mol. The fourth-order valence-corrected chi connectivity index (χ4v) is 8.53. The van der Waals surface area contributed by atoms with Crippen LogP contribution in [0.15, 0.2) is 65.7 Å². The van der Waals surface area contributed by atoms with E-state index in [1.165, 1.54) is 13.0 Å². The lowest BCUT2D eigenvalue weighted by Gasteiger charge is -2.34. The number of nitrogens with zero attached hydrogens (tertiary/aromatic N) is 2. The van der Waals surface area contributed by atoms with Crippen molar-refractivity contribution in [3.63, 3.8) is 0 Å². The summed E-state index contributed by atoms with van der Waals surface area (Å²) < 4.78 is 74.0. The number of carboxylic acid groups (broad SMARTS) is 1. The summed E-state index contributed by atoms with van der Waals surface area (Å²) in [5.41, 5.74) is 1.90. The molecule has 0 aliphatic carbocycles. The maximum Gasteiger partial charge on any atom is 0.336 e. The van der Waals surface area contributed by atoms with Gasteiger partial charge in [0.2, 0.25) is 11.8 Å². The van der Waals surface area contributed by atoms with Crippen LogP contribution in [-0.2, 0) is 34.6 Å². The van der Waals surface area contributed by atoms with Crippen LogP contribution in [0.25, 0.3) is 16.7 Å². The van der Waals surface area contributed by atoms with Crippen molar-refractivity contribution in [3.8, 4) is 11.5 Å². The number of amides is 2. The molecule has 3 aromatic rings. The van der Waals surface area contributed by atoms with Crippen LogP contribution in [0, 0.1) is 0 Å². The van der Waals surface area contributed by atoms with Crippen LogP contribution in [-0.4, -0.2) is 88.6 Å². The molecule has 0 atom stereocenters. The summed E-state index contributed by atoms with van der Waals surface area (Å²) in [5, 5.41) is 14.4. The van der Waals surface area contributed by atoms with Crippen LogP contribution in [0.1, 0.15) is 80.1 Å². The molecule has 294 valence electrons. The second-order valence-electron chi connectivity index (χ2n) is 15.1. The Kier molecular flexibility index (Phi) is 10.2. The minimum Gasteiger partial charge on any atom is -0.478 e. The number of benzene rings is 3. The first-order valence-electron chi connectivity index (χ1n) is 17.3. The number of Topliss-reactive ketones (excluding diaryl/α,β-unsaturated/α-hetero) is 1. The Labute approximate surface area is 322 Å². The third kappa shape index (κ3) is 8.65. The molecule has 17 heteroatoms. The number of hydrogen-bond acceptors (Lipinski definition) is 11. The summed E-state index contributed by atoms with van der Waals surface area (Å²) in [6.45, 7) is 8.60. The largest absolute Gasteiger partial charge is 0.478 e. The van der Waals surface area contributed by atoms with Gasteiger partial charge in [-0.05, 0) is 69.5 Å². The number of ether oxygens (including phenoxy) is 1. The summed E-state index contributed by atoms with van der Waals surface area (Å²) in [5.74, 6) is -2.40. The number of hydrogen-bond donors (Lipinski definition) is 4. The molecule has 0 saturated carbocycles. The number of likely N-dealkylation sites (tertiary alicyclic amines) is 1. The van der Waals surface area contributed by atoms with E-state index in [-0.39, 0.29) is 42.5 Å². The van der Waals surface area contributed by atoms with E-state index < -0.39 is 48.8 Å². The lowest BCUT2D eigenvalue weighted by atomic mass is 9.84. The van der Waals surface area contributed by atoms with E-state index >= 15 is 0 Å². The molecule has 0 unspecified atom stereocenters. The summed E-state index contributed by atoms with van der Waals surface area (Å²) >= 11 is 0. The quantitative estimate of drug-likeness (QED) is 0.147. The molecule has 7 rings (SSSR count). The Morgan fingerprint density at radius 2 is 1.43 bits per heavy atom. The van der Waals surface area contributed by atoms with Gasteiger partial charge in [-0.15, -0.1) is 0 Å². The number of carbonyl (C=O) groups is 4. The van der Waals surface area contributed by atoms with Crippen molar-refractivity contribution in [2.45, 2.75) is 58.5 Å². The van der Waals surface area contributed by atoms with Crippen LogP contribution >= 0.6 is 0 Å². The van der Waals surface area contributed by atoms with E-state index in [2.05, 4.69) is 5.32 Å². The van der Waals surface area contributed by atoms with Crippen LogP contribution in [0.3, 0.4) is 0 Å². The number of anilines is 1. The molecular formula is C39H39N3O12S2. The van der Waals surface area contributed by atoms with Gasteiger partial charge in [0.25, 0.3) is 20.2 Å². The van der Waals surface area contributed by atoms with Crippen molar-refractivity contribution in [3.05, 3.63) is 99.1 Å². The van der Waals surface area contributed by atoms with Gasteiger partial charge in [0, 0.05) is 58.1 Å².